The van der Waals surface area contributed by atoms with E-state index in [1.165, 1.54) is 0 Å². The molecule has 0 radical (unpaired) electrons. The van der Waals surface area contributed by atoms with Gasteiger partial charge in [0.25, 0.3) is 0 Å². The third-order valence-corrected chi connectivity index (χ3v) is 5.15. The zero-order valence-electron chi connectivity index (χ0n) is 17.7. The van der Waals surface area contributed by atoms with Gasteiger partial charge in [0.15, 0.2) is 5.96 Å². The van der Waals surface area contributed by atoms with Crippen LogP contribution in [-0.2, 0) is 14.3 Å². The molecule has 1 aliphatic rings. The Bertz CT molecular complexity index is 676. The molecule has 0 atom stereocenters. The lowest BCUT2D eigenvalue weighted by Gasteiger charge is -2.34. The van der Waals surface area contributed by atoms with Crippen molar-refractivity contribution in [1.29, 1.82) is 0 Å². The highest BCUT2D eigenvalue weighted by atomic mass is 35.5. The average Bonchev–Trinajstić information content (AvgIpc) is 2.71. The molecule has 2 N–H and O–H groups in total. The number of piperidine rings is 1. The van der Waals surface area contributed by atoms with Crippen molar-refractivity contribution < 1.29 is 14.3 Å². The number of rotatable bonds is 9. The Balaban J connectivity index is 1.68. The van der Waals surface area contributed by atoms with E-state index in [1.807, 2.05) is 25.1 Å². The average molecular weight is 425 g/mol. The molecule has 1 aromatic carbocycles. The summed E-state index contributed by atoms with van der Waals surface area (Å²) in [5.74, 6) is 0.742. The van der Waals surface area contributed by atoms with Crippen LogP contribution in [0.1, 0.15) is 31.2 Å². The number of ether oxygens (including phenoxy) is 2. The second-order valence-electron chi connectivity index (χ2n) is 7.16. The number of carbonyl (C=O) groups excluding carboxylic acids is 1. The number of benzene rings is 1. The zero-order valence-corrected chi connectivity index (χ0v) is 18.4. The summed E-state index contributed by atoms with van der Waals surface area (Å²) in [6.45, 7) is 5.73. The van der Waals surface area contributed by atoms with E-state index in [4.69, 9.17) is 21.1 Å². The monoisotopic (exact) mass is 424 g/mol. The predicted octanol–water partition coefficient (Wildman–Crippen LogP) is 3.07. The Labute approximate surface area is 178 Å². The first-order valence-electron chi connectivity index (χ1n) is 10.2. The topological polar surface area (TPSA) is 75.2 Å². The Morgan fingerprint density at radius 1 is 1.31 bits per heavy atom. The summed E-state index contributed by atoms with van der Waals surface area (Å²) in [5, 5.41) is 6.68. The number of halogens is 1. The van der Waals surface area contributed by atoms with Crippen molar-refractivity contribution in [2.45, 2.75) is 38.7 Å². The van der Waals surface area contributed by atoms with Crippen LogP contribution in [0.2, 0.25) is 5.02 Å². The van der Waals surface area contributed by atoms with Gasteiger partial charge in [0.05, 0.1) is 16.8 Å². The predicted molar refractivity (Wildman–Crippen MR) is 118 cm³/mol. The Morgan fingerprint density at radius 3 is 2.72 bits per heavy atom. The number of carbonyl (C=O) groups is 1. The molecule has 2 rings (SSSR count). The number of nitrogens with zero attached hydrogens (tertiary/aromatic N) is 2. The molecule has 8 heteroatoms. The number of guanidine groups is 1. The van der Waals surface area contributed by atoms with Crippen molar-refractivity contribution in [3.63, 3.8) is 0 Å². The highest BCUT2D eigenvalue weighted by molar-refractivity contribution is 6.33. The van der Waals surface area contributed by atoms with Crippen LogP contribution in [0.4, 0.5) is 5.69 Å². The summed E-state index contributed by atoms with van der Waals surface area (Å²) in [4.78, 5) is 18.8. The van der Waals surface area contributed by atoms with Crippen molar-refractivity contribution >= 4 is 29.2 Å². The molecule has 1 fully saturated rings. The highest BCUT2D eigenvalue weighted by Gasteiger charge is 2.21. The van der Waals surface area contributed by atoms with E-state index in [9.17, 15) is 4.79 Å². The number of anilines is 1. The number of hydrogen-bond donors (Lipinski definition) is 2. The van der Waals surface area contributed by atoms with E-state index in [0.717, 1.165) is 57.1 Å². The van der Waals surface area contributed by atoms with Gasteiger partial charge >= 0.3 is 0 Å². The first-order valence-corrected chi connectivity index (χ1v) is 10.5. The molecule has 29 heavy (non-hydrogen) atoms. The Hall–Kier alpha value is -1.83. The lowest BCUT2D eigenvalue weighted by atomic mass is 10.1. The third kappa shape index (κ3) is 8.20. The standard InChI is InChI=1S/C21H33ClN4O3/c1-16-5-6-19(18(22)15-16)25-20(27)7-10-24-21(23-2)26-11-8-17(9-12-26)29-14-4-13-28-3/h5-6,15,17H,4,7-14H2,1-3H3,(H,23,24)(H,25,27). The van der Waals surface area contributed by atoms with Gasteiger partial charge in [0, 0.05) is 53.4 Å². The molecule has 0 unspecified atom stereocenters. The summed E-state index contributed by atoms with van der Waals surface area (Å²) >= 11 is 6.17. The van der Waals surface area contributed by atoms with Crippen molar-refractivity contribution in [1.82, 2.24) is 10.2 Å². The van der Waals surface area contributed by atoms with E-state index < -0.39 is 0 Å². The minimum Gasteiger partial charge on any atom is -0.385 e. The largest absolute Gasteiger partial charge is 0.385 e. The lowest BCUT2D eigenvalue weighted by molar-refractivity contribution is -0.116. The molecule has 1 amide bonds. The van der Waals surface area contributed by atoms with Crippen LogP contribution >= 0.6 is 11.6 Å². The van der Waals surface area contributed by atoms with Crippen molar-refractivity contribution in [2.75, 3.05) is 52.3 Å². The van der Waals surface area contributed by atoms with Crippen molar-refractivity contribution in [3.8, 4) is 0 Å². The molecule has 0 bridgehead atoms. The quantitative estimate of drug-likeness (QED) is 0.362. The second-order valence-corrected chi connectivity index (χ2v) is 7.57. The Kier molecular flexibility index (Phi) is 10.2. The molecule has 7 nitrogen and oxygen atoms in total. The molecular formula is C21H33ClN4O3. The number of nitrogens with one attached hydrogen (secondary N) is 2. The number of aryl methyl sites for hydroxylation is 1. The van der Waals surface area contributed by atoms with E-state index in [2.05, 4.69) is 20.5 Å². The number of amides is 1. The fraction of sp³-hybridized carbons (Fsp3) is 0.619. The normalized spacial score (nSPS) is 15.4. The van der Waals surface area contributed by atoms with Crippen LogP contribution in [0.5, 0.6) is 0 Å². The van der Waals surface area contributed by atoms with E-state index in [-0.39, 0.29) is 5.91 Å². The van der Waals surface area contributed by atoms with Crippen LogP contribution in [0.15, 0.2) is 23.2 Å². The van der Waals surface area contributed by atoms with Crippen LogP contribution in [0, 0.1) is 6.92 Å². The van der Waals surface area contributed by atoms with Gasteiger partial charge < -0.3 is 25.0 Å². The molecule has 0 aliphatic carbocycles. The maximum Gasteiger partial charge on any atom is 0.226 e. The van der Waals surface area contributed by atoms with Gasteiger partial charge in [-0.2, -0.15) is 0 Å². The van der Waals surface area contributed by atoms with E-state index >= 15 is 0 Å². The molecule has 1 saturated heterocycles. The fourth-order valence-corrected chi connectivity index (χ4v) is 3.52. The molecule has 0 aromatic heterocycles. The molecular weight excluding hydrogens is 392 g/mol. The van der Waals surface area contributed by atoms with Gasteiger partial charge in [0.1, 0.15) is 0 Å². The van der Waals surface area contributed by atoms with Crippen molar-refractivity contribution in [3.05, 3.63) is 28.8 Å². The summed E-state index contributed by atoms with van der Waals surface area (Å²) < 4.78 is 10.9. The fourth-order valence-electron chi connectivity index (χ4n) is 3.24. The maximum atomic E-state index is 12.2. The molecule has 1 heterocycles. The molecule has 0 spiro atoms. The van der Waals surface area contributed by atoms with Gasteiger partial charge in [0.2, 0.25) is 5.91 Å². The number of methoxy groups -OCH3 is 1. The van der Waals surface area contributed by atoms with Gasteiger partial charge in [-0.25, -0.2) is 0 Å². The first kappa shape index (κ1) is 23.4. The number of likely N-dealkylation sites (tertiary alicyclic amines) is 1. The number of aliphatic imine (C=N–C) groups is 1. The van der Waals surface area contributed by atoms with Gasteiger partial charge in [-0.3, -0.25) is 9.79 Å². The summed E-state index contributed by atoms with van der Waals surface area (Å²) in [6.07, 6.45) is 3.50. The molecule has 0 saturated carbocycles. The smallest absolute Gasteiger partial charge is 0.226 e. The van der Waals surface area contributed by atoms with E-state index in [0.29, 0.717) is 29.8 Å². The summed E-state index contributed by atoms with van der Waals surface area (Å²) in [5.41, 5.74) is 1.70. The van der Waals surface area contributed by atoms with Gasteiger partial charge in [-0.1, -0.05) is 17.7 Å². The van der Waals surface area contributed by atoms with Crippen LogP contribution in [0.3, 0.4) is 0 Å². The summed E-state index contributed by atoms with van der Waals surface area (Å²) in [6, 6.07) is 5.58. The van der Waals surface area contributed by atoms with Gasteiger partial charge in [-0.05, 0) is 43.9 Å². The first-order chi connectivity index (χ1) is 14.0. The minimum absolute atomic E-state index is 0.0816. The number of hydrogen-bond acceptors (Lipinski definition) is 4. The van der Waals surface area contributed by atoms with Crippen LogP contribution in [0.25, 0.3) is 0 Å². The van der Waals surface area contributed by atoms with Crippen molar-refractivity contribution in [2.24, 2.45) is 4.99 Å². The molecule has 1 aromatic rings. The summed E-state index contributed by atoms with van der Waals surface area (Å²) in [7, 11) is 3.47. The lowest BCUT2D eigenvalue weighted by Crippen LogP contribution is -2.47. The Morgan fingerprint density at radius 2 is 2.07 bits per heavy atom. The van der Waals surface area contributed by atoms with Crippen LogP contribution < -0.4 is 10.6 Å². The van der Waals surface area contributed by atoms with Crippen LogP contribution in [-0.4, -0.2) is 69.9 Å². The third-order valence-electron chi connectivity index (χ3n) is 4.83. The van der Waals surface area contributed by atoms with Gasteiger partial charge in [-0.15, -0.1) is 0 Å². The highest BCUT2D eigenvalue weighted by Crippen LogP contribution is 2.22. The maximum absolute atomic E-state index is 12.2. The van der Waals surface area contributed by atoms with E-state index in [1.54, 1.807) is 14.2 Å². The SMILES string of the molecule is CN=C(NCCC(=O)Nc1ccc(C)cc1Cl)N1CCC(OCCCOC)CC1. The molecule has 162 valence electrons. The molecule has 1 aliphatic heterocycles. The second kappa shape index (κ2) is 12.7. The zero-order chi connectivity index (χ0) is 21.1. The minimum atomic E-state index is -0.0816.